The summed E-state index contributed by atoms with van der Waals surface area (Å²) < 4.78 is 34.5. The maximum absolute atomic E-state index is 12.9. The maximum Gasteiger partial charge on any atom is 0.387 e. The van der Waals surface area contributed by atoms with E-state index in [0.29, 0.717) is 11.3 Å². The number of carbonyl (C=O) groups is 1. The number of alkyl halides is 2. The molecule has 0 saturated carbocycles. The molecule has 3 aromatic rings. The molecule has 0 atom stereocenters. The monoisotopic (exact) mass is 412 g/mol. The first kappa shape index (κ1) is 21.2. The number of aryl methyl sites for hydroxylation is 1. The number of methoxy groups -OCH3 is 1. The van der Waals surface area contributed by atoms with Gasteiger partial charge in [0, 0.05) is 19.2 Å². The van der Waals surface area contributed by atoms with Gasteiger partial charge in [0.25, 0.3) is 5.91 Å². The fourth-order valence-electron chi connectivity index (χ4n) is 3.11. The SMILES string of the molecule is COc1cc(CN(C)C(=O)c2ccc(-c3ccccc3)nc2C)ccc1OC(F)F. The minimum Gasteiger partial charge on any atom is -0.493 e. The van der Waals surface area contributed by atoms with Gasteiger partial charge in [0.2, 0.25) is 0 Å². The van der Waals surface area contributed by atoms with Crippen molar-refractivity contribution < 1.29 is 23.0 Å². The van der Waals surface area contributed by atoms with E-state index in [1.807, 2.05) is 36.4 Å². The van der Waals surface area contributed by atoms with Crippen molar-refractivity contribution >= 4 is 5.91 Å². The lowest BCUT2D eigenvalue weighted by molar-refractivity contribution is -0.0512. The summed E-state index contributed by atoms with van der Waals surface area (Å²) in [7, 11) is 3.04. The van der Waals surface area contributed by atoms with Gasteiger partial charge in [-0.3, -0.25) is 9.78 Å². The summed E-state index contributed by atoms with van der Waals surface area (Å²) in [6.07, 6.45) is 0. The quantitative estimate of drug-likeness (QED) is 0.552. The average molecular weight is 412 g/mol. The van der Waals surface area contributed by atoms with Crippen LogP contribution in [0.4, 0.5) is 8.78 Å². The zero-order chi connectivity index (χ0) is 21.7. The zero-order valence-electron chi connectivity index (χ0n) is 16.9. The topological polar surface area (TPSA) is 51.7 Å². The van der Waals surface area contributed by atoms with E-state index in [1.54, 1.807) is 32.2 Å². The third-order valence-electron chi connectivity index (χ3n) is 4.60. The Kier molecular flexibility index (Phi) is 6.61. The number of pyridine rings is 1. The van der Waals surface area contributed by atoms with Crippen LogP contribution in [0.5, 0.6) is 11.5 Å². The molecular formula is C23H22F2N2O3. The molecule has 0 saturated heterocycles. The number of aromatic nitrogens is 1. The molecular weight excluding hydrogens is 390 g/mol. The molecule has 0 aliphatic carbocycles. The molecule has 0 fully saturated rings. The summed E-state index contributed by atoms with van der Waals surface area (Å²) in [5, 5.41) is 0. The van der Waals surface area contributed by atoms with E-state index >= 15 is 0 Å². The second-order valence-corrected chi connectivity index (χ2v) is 6.72. The van der Waals surface area contributed by atoms with Crippen molar-refractivity contribution in [1.82, 2.24) is 9.88 Å². The zero-order valence-corrected chi connectivity index (χ0v) is 16.9. The second-order valence-electron chi connectivity index (χ2n) is 6.72. The molecule has 0 radical (unpaired) electrons. The number of rotatable bonds is 7. The highest BCUT2D eigenvalue weighted by Gasteiger charge is 2.17. The molecule has 0 N–H and O–H groups in total. The molecule has 0 unspecified atom stereocenters. The molecule has 30 heavy (non-hydrogen) atoms. The first-order valence-corrected chi connectivity index (χ1v) is 9.29. The average Bonchev–Trinajstić information content (AvgIpc) is 2.74. The summed E-state index contributed by atoms with van der Waals surface area (Å²) in [6.45, 7) is -0.875. The van der Waals surface area contributed by atoms with Crippen molar-refractivity contribution in [2.75, 3.05) is 14.2 Å². The smallest absolute Gasteiger partial charge is 0.387 e. The van der Waals surface area contributed by atoms with Crippen LogP contribution < -0.4 is 9.47 Å². The number of ether oxygens (including phenoxy) is 2. The highest BCUT2D eigenvalue weighted by atomic mass is 19.3. The molecule has 0 bridgehead atoms. The first-order valence-electron chi connectivity index (χ1n) is 9.29. The normalized spacial score (nSPS) is 10.7. The van der Waals surface area contributed by atoms with Crippen LogP contribution in [0.1, 0.15) is 21.6 Å². The number of carbonyl (C=O) groups excluding carboxylic acids is 1. The standard InChI is InChI=1S/C23H22F2N2O3/c1-15-18(10-11-19(26-15)17-7-5-4-6-8-17)22(28)27(2)14-16-9-12-20(30-23(24)25)21(13-16)29-3/h4-13,23H,14H2,1-3H3. The van der Waals surface area contributed by atoms with Crippen molar-refractivity contribution in [1.29, 1.82) is 0 Å². The van der Waals surface area contributed by atoms with Crippen LogP contribution in [-0.2, 0) is 6.54 Å². The molecule has 0 aliphatic heterocycles. The Balaban J connectivity index is 1.76. The van der Waals surface area contributed by atoms with Crippen molar-refractivity contribution in [3.63, 3.8) is 0 Å². The Bertz CT molecular complexity index is 1030. The second kappa shape index (κ2) is 9.35. The van der Waals surface area contributed by atoms with Crippen LogP contribution in [0.3, 0.4) is 0 Å². The van der Waals surface area contributed by atoms with Gasteiger partial charge in [-0.1, -0.05) is 36.4 Å². The van der Waals surface area contributed by atoms with Gasteiger partial charge in [-0.05, 0) is 36.8 Å². The highest BCUT2D eigenvalue weighted by Crippen LogP contribution is 2.30. The van der Waals surface area contributed by atoms with Crippen molar-refractivity contribution in [2.45, 2.75) is 20.1 Å². The van der Waals surface area contributed by atoms with Gasteiger partial charge in [0.15, 0.2) is 11.5 Å². The Labute approximate surface area is 173 Å². The van der Waals surface area contributed by atoms with E-state index in [-0.39, 0.29) is 24.0 Å². The highest BCUT2D eigenvalue weighted by molar-refractivity contribution is 5.95. The Morgan fingerprint density at radius 1 is 1.07 bits per heavy atom. The molecule has 0 aliphatic rings. The lowest BCUT2D eigenvalue weighted by Crippen LogP contribution is -2.27. The molecule has 2 aromatic carbocycles. The van der Waals surface area contributed by atoms with Crippen LogP contribution in [-0.4, -0.2) is 36.6 Å². The molecule has 1 heterocycles. The van der Waals surface area contributed by atoms with E-state index in [1.165, 1.54) is 18.1 Å². The maximum atomic E-state index is 12.9. The number of hydrogen-bond donors (Lipinski definition) is 0. The van der Waals surface area contributed by atoms with Gasteiger partial charge >= 0.3 is 6.61 Å². The van der Waals surface area contributed by atoms with E-state index in [0.717, 1.165) is 16.8 Å². The molecule has 0 spiro atoms. The van der Waals surface area contributed by atoms with Gasteiger partial charge in [0.05, 0.1) is 24.1 Å². The van der Waals surface area contributed by atoms with E-state index in [4.69, 9.17) is 4.74 Å². The van der Waals surface area contributed by atoms with Crippen LogP contribution >= 0.6 is 0 Å². The van der Waals surface area contributed by atoms with E-state index < -0.39 is 6.61 Å². The number of nitrogens with zero attached hydrogens (tertiary/aromatic N) is 2. The fourth-order valence-corrected chi connectivity index (χ4v) is 3.11. The summed E-state index contributed by atoms with van der Waals surface area (Å²) in [5.41, 5.74) is 3.63. The Morgan fingerprint density at radius 3 is 2.43 bits per heavy atom. The van der Waals surface area contributed by atoms with Gasteiger partial charge in [-0.15, -0.1) is 0 Å². The van der Waals surface area contributed by atoms with Crippen LogP contribution in [0.15, 0.2) is 60.7 Å². The van der Waals surface area contributed by atoms with Crippen LogP contribution in [0.25, 0.3) is 11.3 Å². The lowest BCUT2D eigenvalue weighted by atomic mass is 10.1. The molecule has 156 valence electrons. The fraction of sp³-hybridized carbons (Fsp3) is 0.217. The Hall–Kier alpha value is -3.48. The van der Waals surface area contributed by atoms with Crippen molar-refractivity contribution in [3.8, 4) is 22.8 Å². The van der Waals surface area contributed by atoms with Crippen LogP contribution in [0.2, 0.25) is 0 Å². The molecule has 7 heteroatoms. The number of benzene rings is 2. The van der Waals surface area contributed by atoms with Gasteiger partial charge in [-0.25, -0.2) is 0 Å². The van der Waals surface area contributed by atoms with E-state index in [9.17, 15) is 13.6 Å². The largest absolute Gasteiger partial charge is 0.493 e. The van der Waals surface area contributed by atoms with Gasteiger partial charge < -0.3 is 14.4 Å². The number of halogens is 2. The van der Waals surface area contributed by atoms with Gasteiger partial charge in [-0.2, -0.15) is 8.78 Å². The summed E-state index contributed by atoms with van der Waals surface area (Å²) in [4.78, 5) is 19.0. The number of amides is 1. The predicted octanol–water partition coefficient (Wildman–Crippen LogP) is 4.94. The van der Waals surface area contributed by atoms with Gasteiger partial charge in [0.1, 0.15) is 0 Å². The minimum absolute atomic E-state index is 0.0539. The predicted molar refractivity (Wildman–Crippen MR) is 110 cm³/mol. The third kappa shape index (κ3) is 4.92. The summed E-state index contributed by atoms with van der Waals surface area (Å²) >= 11 is 0. The molecule has 5 nitrogen and oxygen atoms in total. The van der Waals surface area contributed by atoms with Crippen molar-refractivity contribution in [3.05, 3.63) is 77.5 Å². The van der Waals surface area contributed by atoms with Crippen LogP contribution in [0, 0.1) is 6.92 Å². The Morgan fingerprint density at radius 2 is 1.80 bits per heavy atom. The molecule has 1 aromatic heterocycles. The minimum atomic E-state index is -2.94. The summed E-state index contributed by atoms with van der Waals surface area (Å²) in [6, 6.07) is 17.9. The first-order chi connectivity index (χ1) is 14.4. The lowest BCUT2D eigenvalue weighted by Gasteiger charge is -2.19. The summed E-state index contributed by atoms with van der Waals surface area (Å²) in [5.74, 6) is -0.0630. The molecule has 1 amide bonds. The molecule has 3 rings (SSSR count). The van der Waals surface area contributed by atoms with Crippen molar-refractivity contribution in [2.24, 2.45) is 0 Å². The number of hydrogen-bond acceptors (Lipinski definition) is 4. The van der Waals surface area contributed by atoms with E-state index in [2.05, 4.69) is 9.72 Å². The third-order valence-corrected chi connectivity index (χ3v) is 4.60.